The van der Waals surface area contributed by atoms with Crippen molar-refractivity contribution in [3.8, 4) is 0 Å². The molecule has 0 fully saturated rings. The minimum Gasteiger partial charge on any atom is -0.408 e. The number of hydrogen-bond acceptors (Lipinski definition) is 5. The molecule has 1 aromatic carbocycles. The van der Waals surface area contributed by atoms with E-state index >= 15 is 0 Å². The zero-order chi connectivity index (χ0) is 31.4. The zero-order valence-corrected chi connectivity index (χ0v) is 28.6. The summed E-state index contributed by atoms with van der Waals surface area (Å²) in [6.07, 6.45) is 15.0. The molecule has 6 heteroatoms. The van der Waals surface area contributed by atoms with Gasteiger partial charge in [0.1, 0.15) is 5.76 Å². The van der Waals surface area contributed by atoms with Gasteiger partial charge in [-0.2, -0.15) is 0 Å². The van der Waals surface area contributed by atoms with Gasteiger partial charge in [0.25, 0.3) is 0 Å². The largest absolute Gasteiger partial charge is 0.529 e. The van der Waals surface area contributed by atoms with Crippen molar-refractivity contribution in [2.75, 3.05) is 19.8 Å². The average molecular weight is 601 g/mol. The second-order valence-electron chi connectivity index (χ2n) is 11.7. The Hall–Kier alpha value is -2.17. The first-order valence-corrected chi connectivity index (χ1v) is 16.9. The van der Waals surface area contributed by atoms with Gasteiger partial charge in [0, 0.05) is 5.41 Å². The lowest BCUT2D eigenvalue weighted by Crippen LogP contribution is -2.18. The molecule has 0 unspecified atom stereocenters. The molecule has 0 N–H and O–H groups in total. The first-order chi connectivity index (χ1) is 19.9. The van der Waals surface area contributed by atoms with Crippen molar-refractivity contribution in [3.05, 3.63) is 94.8 Å². The molecular formula is C36H57O5P. The van der Waals surface area contributed by atoms with Crippen LogP contribution in [0.15, 0.2) is 89.3 Å². The van der Waals surface area contributed by atoms with E-state index in [-0.39, 0.29) is 18.6 Å². The van der Waals surface area contributed by atoms with Crippen LogP contribution in [-0.4, -0.2) is 19.8 Å². The maximum Gasteiger partial charge on any atom is 0.529 e. The van der Waals surface area contributed by atoms with Gasteiger partial charge in [-0.3, -0.25) is 9.05 Å². The third-order valence-electron chi connectivity index (χ3n) is 6.92. The molecule has 5 nitrogen and oxygen atoms in total. The number of benzene rings is 1. The topological polar surface area (TPSA) is 54.0 Å². The van der Waals surface area contributed by atoms with E-state index in [9.17, 15) is 4.57 Å². The fourth-order valence-corrected chi connectivity index (χ4v) is 5.55. The maximum atomic E-state index is 13.3. The number of ether oxygens (including phenoxy) is 1. The van der Waals surface area contributed by atoms with E-state index in [0.717, 1.165) is 50.5 Å². The molecule has 0 amide bonds. The Labute approximate surface area is 257 Å². The molecule has 0 aliphatic heterocycles. The fraction of sp³-hybridized carbons (Fsp3) is 0.556. The van der Waals surface area contributed by atoms with Crippen LogP contribution >= 0.6 is 7.82 Å². The summed E-state index contributed by atoms with van der Waals surface area (Å²) < 4.78 is 36.2. The Balaban J connectivity index is 2.85. The average Bonchev–Trinajstić information content (AvgIpc) is 2.93. The summed E-state index contributed by atoms with van der Waals surface area (Å²) >= 11 is 0. The molecule has 0 aliphatic carbocycles. The molecule has 0 saturated carbocycles. The van der Waals surface area contributed by atoms with Crippen molar-refractivity contribution < 1.29 is 22.9 Å². The molecule has 0 radical (unpaired) electrons. The molecular weight excluding hydrogens is 543 g/mol. The van der Waals surface area contributed by atoms with E-state index in [1.54, 1.807) is 13.8 Å². The number of rotatable bonds is 22. The van der Waals surface area contributed by atoms with Crippen LogP contribution < -0.4 is 0 Å². The summed E-state index contributed by atoms with van der Waals surface area (Å²) in [5, 5.41) is 0. The fourth-order valence-electron chi connectivity index (χ4n) is 4.17. The van der Waals surface area contributed by atoms with Gasteiger partial charge in [-0.05, 0) is 98.1 Å². The summed E-state index contributed by atoms with van der Waals surface area (Å²) in [6, 6.07) is 10.2. The van der Waals surface area contributed by atoms with Gasteiger partial charge < -0.3 is 9.26 Å². The second kappa shape index (κ2) is 20.7. The Kier molecular flexibility index (Phi) is 18.6. The third-order valence-corrected chi connectivity index (χ3v) is 8.48. The number of allylic oxidation sites excluding steroid dienone is 8. The highest BCUT2D eigenvalue weighted by Crippen LogP contribution is 2.54. The molecule has 0 heterocycles. The number of phosphoric acid groups is 1. The Bertz CT molecular complexity index is 1080. The van der Waals surface area contributed by atoms with Crippen molar-refractivity contribution in [1.82, 2.24) is 0 Å². The Morgan fingerprint density at radius 1 is 0.857 bits per heavy atom. The maximum absolute atomic E-state index is 13.3. The van der Waals surface area contributed by atoms with Crippen molar-refractivity contribution in [2.45, 2.75) is 107 Å². The smallest absolute Gasteiger partial charge is 0.408 e. The summed E-state index contributed by atoms with van der Waals surface area (Å²) in [4.78, 5) is 0. The van der Waals surface area contributed by atoms with E-state index in [1.165, 1.54) is 22.3 Å². The first kappa shape index (κ1) is 37.9. The summed E-state index contributed by atoms with van der Waals surface area (Å²) in [5.74, 6) is 0.641. The first-order valence-electron chi connectivity index (χ1n) is 15.4. The lowest BCUT2D eigenvalue weighted by atomic mass is 9.83. The zero-order valence-electron chi connectivity index (χ0n) is 27.7. The van der Waals surface area contributed by atoms with E-state index in [1.807, 2.05) is 24.3 Å². The van der Waals surface area contributed by atoms with Gasteiger partial charge >= 0.3 is 7.82 Å². The SMILES string of the molecule is C=C(C/C=C(\C)CCC=C(C)C)CCC(C)(C)/C(=C/CC/C(C)=C\COCc1ccccc1)OP(=O)(OCC)OCC. The molecule has 0 spiro atoms. The summed E-state index contributed by atoms with van der Waals surface area (Å²) in [5.41, 5.74) is 5.94. The van der Waals surface area contributed by atoms with Gasteiger partial charge in [-0.25, -0.2) is 4.57 Å². The molecule has 0 atom stereocenters. The molecule has 1 aromatic rings. The van der Waals surface area contributed by atoms with Crippen LogP contribution in [0.3, 0.4) is 0 Å². The lowest BCUT2D eigenvalue weighted by molar-refractivity contribution is 0.123. The third kappa shape index (κ3) is 17.1. The molecule has 0 aromatic heterocycles. The molecule has 236 valence electrons. The normalized spacial score (nSPS) is 13.3. The minimum absolute atomic E-state index is 0.242. The van der Waals surface area contributed by atoms with Crippen LogP contribution in [-0.2, 0) is 29.5 Å². The lowest BCUT2D eigenvalue weighted by Gasteiger charge is -2.30. The van der Waals surface area contributed by atoms with Crippen molar-refractivity contribution in [2.24, 2.45) is 5.41 Å². The van der Waals surface area contributed by atoms with Gasteiger partial charge in [-0.1, -0.05) is 91.3 Å². The molecule has 0 aliphatic rings. The van der Waals surface area contributed by atoms with Crippen molar-refractivity contribution >= 4 is 7.82 Å². The number of hydrogen-bond donors (Lipinski definition) is 0. The van der Waals surface area contributed by atoms with Crippen molar-refractivity contribution in [3.63, 3.8) is 0 Å². The highest BCUT2D eigenvalue weighted by Gasteiger charge is 2.34. The molecule has 42 heavy (non-hydrogen) atoms. The molecule has 0 saturated heterocycles. The van der Waals surface area contributed by atoms with Crippen molar-refractivity contribution in [1.29, 1.82) is 0 Å². The monoisotopic (exact) mass is 600 g/mol. The number of phosphoric ester groups is 1. The Morgan fingerprint density at radius 3 is 2.05 bits per heavy atom. The summed E-state index contributed by atoms with van der Waals surface area (Å²) in [6.45, 7) is 22.4. The molecule has 1 rings (SSSR count). The van der Waals surface area contributed by atoms with Crippen LogP contribution in [0, 0.1) is 5.41 Å². The van der Waals surface area contributed by atoms with E-state index in [0.29, 0.717) is 19.0 Å². The van der Waals surface area contributed by atoms with Gasteiger partial charge in [0.05, 0.1) is 26.4 Å². The van der Waals surface area contributed by atoms with Gasteiger partial charge in [0.2, 0.25) is 0 Å². The quantitative estimate of drug-likeness (QED) is 0.0573. The van der Waals surface area contributed by atoms with E-state index < -0.39 is 7.82 Å². The summed E-state index contributed by atoms with van der Waals surface area (Å²) in [7, 11) is -3.72. The predicted octanol–water partition coefficient (Wildman–Crippen LogP) is 11.5. The van der Waals surface area contributed by atoms with Crippen LogP contribution in [0.25, 0.3) is 0 Å². The minimum atomic E-state index is -3.72. The van der Waals surface area contributed by atoms with Gasteiger partial charge in [-0.15, -0.1) is 0 Å². The van der Waals surface area contributed by atoms with Crippen LogP contribution in [0.4, 0.5) is 0 Å². The van der Waals surface area contributed by atoms with E-state index in [4.69, 9.17) is 18.3 Å². The van der Waals surface area contributed by atoms with E-state index in [2.05, 4.69) is 78.5 Å². The Morgan fingerprint density at radius 2 is 1.45 bits per heavy atom. The molecule has 0 bridgehead atoms. The highest BCUT2D eigenvalue weighted by atomic mass is 31.2. The predicted molar refractivity (Wildman–Crippen MR) is 178 cm³/mol. The van der Waals surface area contributed by atoms with Crippen LogP contribution in [0.5, 0.6) is 0 Å². The van der Waals surface area contributed by atoms with Gasteiger partial charge in [0.15, 0.2) is 0 Å². The van der Waals surface area contributed by atoms with Crippen LogP contribution in [0.1, 0.15) is 106 Å². The highest BCUT2D eigenvalue weighted by molar-refractivity contribution is 7.48. The van der Waals surface area contributed by atoms with Crippen LogP contribution in [0.2, 0.25) is 0 Å². The standard InChI is InChI=1S/C36H57O5P/c1-10-39-42(37,40-11-2)41-35(22-16-19-32(6)26-28-38-29-34-20-13-12-14-21-34)36(8,9)27-25-33(7)24-23-31(5)18-15-17-30(3)4/h12-14,17,20-23,26H,7,10-11,15-16,18-19,24-25,27-29H2,1-6,8-9H3/b31-23+,32-26-,35-22-. The second-order valence-corrected chi connectivity index (χ2v) is 13.3.